The molecular weight excluding hydrogens is 352 g/mol. The number of thiocarbonyl (C=S) groups is 1. The number of nitrogens with one attached hydrogen (secondary N) is 1. The van der Waals surface area contributed by atoms with Crippen molar-refractivity contribution in [2.75, 3.05) is 4.90 Å². The highest BCUT2D eigenvalue weighted by Crippen LogP contribution is 2.42. The van der Waals surface area contributed by atoms with E-state index in [0.29, 0.717) is 6.04 Å². The van der Waals surface area contributed by atoms with Gasteiger partial charge in [0.15, 0.2) is 5.11 Å². The molecule has 4 nitrogen and oxygen atoms in total. The number of aromatic nitrogens is 2. The number of rotatable bonds is 4. The predicted octanol–water partition coefficient (Wildman–Crippen LogP) is 4.95. The highest BCUT2D eigenvalue weighted by molar-refractivity contribution is 7.80. The Kier molecular flexibility index (Phi) is 4.70. The summed E-state index contributed by atoms with van der Waals surface area (Å²) in [5, 5.41) is 4.26. The monoisotopic (exact) mass is 376 g/mol. The van der Waals surface area contributed by atoms with Crippen molar-refractivity contribution in [1.29, 1.82) is 0 Å². The van der Waals surface area contributed by atoms with Crippen LogP contribution in [0.1, 0.15) is 48.9 Å². The van der Waals surface area contributed by atoms with E-state index in [1.54, 1.807) is 0 Å². The molecule has 1 aliphatic rings. The molecule has 138 valence electrons. The molecule has 5 heteroatoms. The molecule has 0 unspecified atom stereocenters. The van der Waals surface area contributed by atoms with Crippen molar-refractivity contribution in [3.63, 3.8) is 0 Å². The minimum atomic E-state index is -0.00777. The predicted molar refractivity (Wildman–Crippen MR) is 114 cm³/mol. The lowest BCUT2D eigenvalue weighted by atomic mass is 10.0. The zero-order chi connectivity index (χ0) is 19.0. The molecule has 0 saturated carbocycles. The molecule has 1 aromatic carbocycles. The summed E-state index contributed by atoms with van der Waals surface area (Å²) in [4.78, 5) is 6.85. The van der Waals surface area contributed by atoms with E-state index in [1.807, 2.05) is 18.3 Å². The quantitative estimate of drug-likeness (QED) is 0.653. The van der Waals surface area contributed by atoms with Crippen molar-refractivity contribution >= 4 is 23.0 Å². The lowest BCUT2D eigenvalue weighted by Crippen LogP contribution is -2.30. The van der Waals surface area contributed by atoms with Crippen LogP contribution in [0.2, 0.25) is 0 Å². The van der Waals surface area contributed by atoms with Crippen molar-refractivity contribution in [1.82, 2.24) is 14.9 Å². The van der Waals surface area contributed by atoms with Gasteiger partial charge in [0.1, 0.15) is 6.04 Å². The van der Waals surface area contributed by atoms with Crippen LogP contribution in [0.3, 0.4) is 0 Å². The van der Waals surface area contributed by atoms with Gasteiger partial charge in [-0.1, -0.05) is 18.2 Å². The van der Waals surface area contributed by atoms with Gasteiger partial charge in [0.25, 0.3) is 0 Å². The minimum Gasteiger partial charge on any atom is -0.351 e. The van der Waals surface area contributed by atoms with Crippen molar-refractivity contribution in [3.05, 3.63) is 83.9 Å². The van der Waals surface area contributed by atoms with E-state index in [1.165, 1.54) is 11.3 Å². The van der Waals surface area contributed by atoms with Crippen LogP contribution >= 0.6 is 12.2 Å². The van der Waals surface area contributed by atoms with Crippen LogP contribution in [0.4, 0.5) is 5.69 Å². The van der Waals surface area contributed by atoms with Gasteiger partial charge in [0, 0.05) is 29.8 Å². The summed E-state index contributed by atoms with van der Waals surface area (Å²) in [6.07, 6.45) is 3.99. The average molecular weight is 377 g/mol. The van der Waals surface area contributed by atoms with Gasteiger partial charge < -0.3 is 14.8 Å². The van der Waals surface area contributed by atoms with Crippen LogP contribution in [-0.4, -0.2) is 14.7 Å². The fourth-order valence-electron chi connectivity index (χ4n) is 3.84. The fourth-order valence-corrected chi connectivity index (χ4v) is 4.19. The Morgan fingerprint density at radius 1 is 1.07 bits per heavy atom. The third kappa shape index (κ3) is 3.23. The number of anilines is 1. The van der Waals surface area contributed by atoms with E-state index in [-0.39, 0.29) is 12.1 Å². The Morgan fingerprint density at radius 3 is 2.63 bits per heavy atom. The number of aryl methyl sites for hydroxylation is 1. The summed E-state index contributed by atoms with van der Waals surface area (Å²) >= 11 is 5.78. The van der Waals surface area contributed by atoms with Crippen LogP contribution in [0.25, 0.3) is 0 Å². The smallest absolute Gasteiger partial charge is 0.174 e. The van der Waals surface area contributed by atoms with E-state index < -0.39 is 0 Å². The number of hydrogen-bond donors (Lipinski definition) is 1. The maximum Gasteiger partial charge on any atom is 0.174 e. The first-order valence-electron chi connectivity index (χ1n) is 9.30. The third-order valence-corrected chi connectivity index (χ3v) is 5.36. The summed E-state index contributed by atoms with van der Waals surface area (Å²) in [7, 11) is 0. The Balaban J connectivity index is 1.87. The van der Waals surface area contributed by atoms with E-state index >= 15 is 0 Å². The van der Waals surface area contributed by atoms with E-state index in [4.69, 9.17) is 12.2 Å². The second kappa shape index (κ2) is 7.16. The molecule has 27 heavy (non-hydrogen) atoms. The maximum absolute atomic E-state index is 5.78. The SMILES string of the molecule is Cc1cccc(N2C(=S)N[C@H](c3ccccn3)[C@H]2c2cccn2C(C)C)c1. The molecule has 0 aliphatic carbocycles. The topological polar surface area (TPSA) is 33.1 Å². The number of hydrogen-bond acceptors (Lipinski definition) is 2. The average Bonchev–Trinajstić information content (AvgIpc) is 3.26. The van der Waals surface area contributed by atoms with Gasteiger partial charge in [-0.2, -0.15) is 0 Å². The van der Waals surface area contributed by atoms with Crippen LogP contribution < -0.4 is 10.2 Å². The summed E-state index contributed by atoms with van der Waals surface area (Å²) in [5.41, 5.74) is 4.55. The van der Waals surface area contributed by atoms with Gasteiger partial charge in [0.05, 0.1) is 11.7 Å². The first-order chi connectivity index (χ1) is 13.1. The van der Waals surface area contributed by atoms with Crippen molar-refractivity contribution in [3.8, 4) is 0 Å². The van der Waals surface area contributed by atoms with Gasteiger partial charge >= 0.3 is 0 Å². The highest BCUT2D eigenvalue weighted by atomic mass is 32.1. The molecular formula is C22H24N4S. The molecule has 2 atom stereocenters. The third-order valence-electron chi connectivity index (χ3n) is 5.05. The second-order valence-corrected chi connectivity index (χ2v) is 7.66. The molecule has 1 N–H and O–H groups in total. The summed E-state index contributed by atoms with van der Waals surface area (Å²) in [6, 6.07) is 19.2. The van der Waals surface area contributed by atoms with Crippen molar-refractivity contribution < 1.29 is 0 Å². The molecule has 4 rings (SSSR count). The number of nitrogens with zero attached hydrogens (tertiary/aromatic N) is 3. The second-order valence-electron chi connectivity index (χ2n) is 7.27. The first-order valence-corrected chi connectivity index (χ1v) is 9.71. The summed E-state index contributed by atoms with van der Waals surface area (Å²) in [6.45, 7) is 6.52. The van der Waals surface area contributed by atoms with Crippen LogP contribution in [0, 0.1) is 6.92 Å². The van der Waals surface area contributed by atoms with E-state index in [0.717, 1.165) is 16.5 Å². The van der Waals surface area contributed by atoms with Crippen molar-refractivity contribution in [2.24, 2.45) is 0 Å². The van der Waals surface area contributed by atoms with E-state index in [2.05, 4.69) is 89.2 Å². The Labute approximate surface area is 165 Å². The van der Waals surface area contributed by atoms with Gasteiger partial charge in [0.2, 0.25) is 0 Å². The molecule has 0 bridgehead atoms. The van der Waals surface area contributed by atoms with Gasteiger partial charge in [-0.15, -0.1) is 0 Å². The van der Waals surface area contributed by atoms with Gasteiger partial charge in [-0.3, -0.25) is 4.98 Å². The Bertz CT molecular complexity index is 948. The van der Waals surface area contributed by atoms with Crippen LogP contribution in [0.15, 0.2) is 67.0 Å². The molecule has 0 spiro atoms. The molecule has 0 radical (unpaired) electrons. The molecule has 1 fully saturated rings. The molecule has 1 aliphatic heterocycles. The van der Waals surface area contributed by atoms with Gasteiger partial charge in [-0.25, -0.2) is 0 Å². The zero-order valence-electron chi connectivity index (χ0n) is 15.8. The molecule has 1 saturated heterocycles. The number of benzene rings is 1. The molecule has 3 heterocycles. The highest BCUT2D eigenvalue weighted by Gasteiger charge is 2.42. The largest absolute Gasteiger partial charge is 0.351 e. The Morgan fingerprint density at radius 2 is 1.93 bits per heavy atom. The number of pyridine rings is 1. The first kappa shape index (κ1) is 17.7. The Hall–Kier alpha value is -2.66. The van der Waals surface area contributed by atoms with Gasteiger partial charge in [-0.05, 0) is 75.0 Å². The lowest BCUT2D eigenvalue weighted by Gasteiger charge is -2.30. The summed E-state index contributed by atoms with van der Waals surface area (Å²) in [5.74, 6) is 0. The van der Waals surface area contributed by atoms with Crippen LogP contribution in [0.5, 0.6) is 0 Å². The van der Waals surface area contributed by atoms with E-state index in [9.17, 15) is 0 Å². The van der Waals surface area contributed by atoms with Crippen LogP contribution in [-0.2, 0) is 0 Å². The molecule has 3 aromatic rings. The maximum atomic E-state index is 5.78. The zero-order valence-corrected chi connectivity index (χ0v) is 16.6. The molecule has 0 amide bonds. The normalized spacial score (nSPS) is 19.6. The fraction of sp³-hybridized carbons (Fsp3) is 0.273. The standard InChI is InChI=1S/C22H24N4S/c1-15(2)25-13-7-11-19(25)21-20(18-10-4-5-12-23-18)24-22(27)26(21)17-9-6-8-16(3)14-17/h4-15,20-21H,1-3H3,(H,24,27)/t20-,21-/m1/s1. The lowest BCUT2D eigenvalue weighted by molar-refractivity contribution is 0.497. The summed E-state index contributed by atoms with van der Waals surface area (Å²) < 4.78 is 2.32. The minimum absolute atomic E-state index is 0.00777. The molecule has 2 aromatic heterocycles. The van der Waals surface area contributed by atoms with Crippen molar-refractivity contribution in [2.45, 2.75) is 38.9 Å².